The number of carbonyl (C=O) groups excluding carboxylic acids is 1. The van der Waals surface area contributed by atoms with Gasteiger partial charge in [0.15, 0.2) is 5.65 Å². The second-order valence-electron chi connectivity index (χ2n) is 10.1. The topological polar surface area (TPSA) is 98.1 Å². The van der Waals surface area contributed by atoms with Crippen LogP contribution < -0.4 is 16.2 Å². The molecule has 2 heterocycles. The number of hydrogen-bond donors (Lipinski definition) is 2. The van der Waals surface area contributed by atoms with E-state index in [1.807, 2.05) is 81.4 Å². The van der Waals surface area contributed by atoms with Gasteiger partial charge in [-0.25, -0.2) is 14.8 Å². The van der Waals surface area contributed by atoms with E-state index in [-0.39, 0.29) is 11.6 Å². The predicted molar refractivity (Wildman–Crippen MR) is 147 cm³/mol. The fraction of sp³-hybridized carbons (Fsp3) is 0.379. The Balaban J connectivity index is 1.60. The van der Waals surface area contributed by atoms with E-state index >= 15 is 0 Å². The molecule has 4 rings (SSSR count). The lowest BCUT2D eigenvalue weighted by Crippen LogP contribution is -2.35. The lowest BCUT2D eigenvalue weighted by Gasteiger charge is -2.22. The number of aromatic nitrogens is 3. The number of nitrogens with zero attached hydrogens (tertiary/aromatic N) is 3. The summed E-state index contributed by atoms with van der Waals surface area (Å²) in [5.41, 5.74) is 1.66. The molecular weight excluding hydrogens is 466 g/mol. The van der Waals surface area contributed by atoms with Crippen LogP contribution in [0, 0.1) is 0 Å². The average Bonchev–Trinajstić information content (AvgIpc) is 2.86. The second-order valence-corrected chi connectivity index (χ2v) is 10.1. The molecule has 0 radical (unpaired) electrons. The van der Waals surface area contributed by atoms with Crippen LogP contribution in [0.4, 0.5) is 4.79 Å². The molecule has 8 heteroatoms. The van der Waals surface area contributed by atoms with Gasteiger partial charge in [-0.1, -0.05) is 55.5 Å². The average molecular weight is 502 g/mol. The van der Waals surface area contributed by atoms with Crippen LogP contribution in [0.15, 0.2) is 65.5 Å². The van der Waals surface area contributed by atoms with E-state index in [1.54, 1.807) is 4.57 Å². The zero-order valence-corrected chi connectivity index (χ0v) is 22.0. The maximum atomic E-state index is 13.8. The van der Waals surface area contributed by atoms with E-state index in [2.05, 4.69) is 17.6 Å². The zero-order chi connectivity index (χ0) is 26.4. The number of rotatable bonds is 9. The summed E-state index contributed by atoms with van der Waals surface area (Å²) < 4.78 is 7.05. The maximum Gasteiger partial charge on any atom is 0.407 e. The molecule has 0 saturated heterocycles. The fourth-order valence-electron chi connectivity index (χ4n) is 4.24. The molecule has 2 aromatic carbocycles. The SMILES string of the molecule is CCC(NCCCNC(=O)OC(C)(C)C)c1nc2nc3ccccc3cc2c(=O)n1Cc1ccccc1. The van der Waals surface area contributed by atoms with Crippen molar-refractivity contribution < 1.29 is 9.53 Å². The minimum absolute atomic E-state index is 0.103. The summed E-state index contributed by atoms with van der Waals surface area (Å²) in [5, 5.41) is 7.73. The van der Waals surface area contributed by atoms with Gasteiger partial charge in [-0.05, 0) is 57.9 Å². The summed E-state index contributed by atoms with van der Waals surface area (Å²) in [5.74, 6) is 0.659. The number of alkyl carbamates (subject to hydrolysis) is 1. The van der Waals surface area contributed by atoms with E-state index in [0.717, 1.165) is 22.9 Å². The van der Waals surface area contributed by atoms with Gasteiger partial charge in [0, 0.05) is 11.9 Å². The van der Waals surface area contributed by atoms with Crippen molar-refractivity contribution in [3.8, 4) is 0 Å². The third-order valence-electron chi connectivity index (χ3n) is 5.99. The van der Waals surface area contributed by atoms with Crippen molar-refractivity contribution in [2.24, 2.45) is 0 Å². The number of fused-ring (bicyclic) bond motifs is 2. The highest BCUT2D eigenvalue weighted by Crippen LogP contribution is 2.20. The molecular formula is C29H35N5O3. The van der Waals surface area contributed by atoms with Crippen LogP contribution in [0.25, 0.3) is 21.9 Å². The Bertz CT molecular complexity index is 1430. The molecule has 37 heavy (non-hydrogen) atoms. The highest BCUT2D eigenvalue weighted by atomic mass is 16.6. The lowest BCUT2D eigenvalue weighted by molar-refractivity contribution is 0.0527. The van der Waals surface area contributed by atoms with E-state index in [9.17, 15) is 9.59 Å². The van der Waals surface area contributed by atoms with Crippen LogP contribution in [0.2, 0.25) is 0 Å². The third kappa shape index (κ3) is 6.71. The van der Waals surface area contributed by atoms with Crippen LogP contribution in [-0.4, -0.2) is 39.3 Å². The molecule has 0 aliphatic rings. The van der Waals surface area contributed by atoms with Crippen LogP contribution in [0.3, 0.4) is 0 Å². The number of nitrogens with one attached hydrogen (secondary N) is 2. The van der Waals surface area contributed by atoms with Crippen molar-refractivity contribution in [3.05, 3.63) is 82.4 Å². The fourth-order valence-corrected chi connectivity index (χ4v) is 4.24. The molecule has 0 aliphatic carbocycles. The Hall–Kier alpha value is -3.78. The van der Waals surface area contributed by atoms with Gasteiger partial charge in [-0.3, -0.25) is 9.36 Å². The van der Waals surface area contributed by atoms with Crippen molar-refractivity contribution >= 4 is 28.0 Å². The Labute approximate surface area is 217 Å². The van der Waals surface area contributed by atoms with E-state index in [1.165, 1.54) is 0 Å². The smallest absolute Gasteiger partial charge is 0.407 e. The summed E-state index contributed by atoms with van der Waals surface area (Å²) >= 11 is 0. The number of para-hydroxylation sites is 1. The van der Waals surface area contributed by atoms with Gasteiger partial charge in [0.25, 0.3) is 5.56 Å². The first kappa shape index (κ1) is 26.3. The summed E-state index contributed by atoms with van der Waals surface area (Å²) in [7, 11) is 0. The van der Waals surface area contributed by atoms with E-state index < -0.39 is 11.7 Å². The van der Waals surface area contributed by atoms with Crippen molar-refractivity contribution in [1.29, 1.82) is 0 Å². The Morgan fingerprint density at radius 2 is 1.76 bits per heavy atom. The molecule has 0 saturated carbocycles. The highest BCUT2D eigenvalue weighted by Gasteiger charge is 2.20. The third-order valence-corrected chi connectivity index (χ3v) is 5.99. The molecule has 0 aliphatic heterocycles. The second kappa shape index (κ2) is 11.5. The number of pyridine rings is 1. The van der Waals surface area contributed by atoms with Crippen LogP contribution in [-0.2, 0) is 11.3 Å². The molecule has 2 aromatic heterocycles. The largest absolute Gasteiger partial charge is 0.444 e. The van der Waals surface area contributed by atoms with Crippen molar-refractivity contribution in [2.75, 3.05) is 13.1 Å². The van der Waals surface area contributed by atoms with Gasteiger partial charge < -0.3 is 15.4 Å². The van der Waals surface area contributed by atoms with Gasteiger partial charge >= 0.3 is 6.09 Å². The van der Waals surface area contributed by atoms with Crippen molar-refractivity contribution in [1.82, 2.24) is 25.2 Å². The van der Waals surface area contributed by atoms with Gasteiger partial charge in [0.2, 0.25) is 0 Å². The van der Waals surface area contributed by atoms with Gasteiger partial charge in [0.05, 0.1) is 23.5 Å². The quantitative estimate of drug-likeness (QED) is 0.249. The van der Waals surface area contributed by atoms with Crippen molar-refractivity contribution in [2.45, 2.75) is 58.7 Å². The standard InChI is InChI=1S/C29H35N5O3/c1-5-23(30-16-11-17-31-28(36)37-29(2,3)4)26-33-25-22(18-21-14-9-10-15-24(21)32-25)27(35)34(26)19-20-12-7-6-8-13-20/h6-10,12-15,18,23,30H,5,11,16-17,19H2,1-4H3,(H,31,36). The number of benzene rings is 2. The van der Waals surface area contributed by atoms with Crippen molar-refractivity contribution in [3.63, 3.8) is 0 Å². The van der Waals surface area contributed by atoms with Crippen LogP contribution in [0.5, 0.6) is 0 Å². The maximum absolute atomic E-state index is 13.8. The predicted octanol–water partition coefficient (Wildman–Crippen LogP) is 4.95. The molecule has 0 spiro atoms. The molecule has 0 bridgehead atoms. The van der Waals surface area contributed by atoms with Gasteiger partial charge in [-0.15, -0.1) is 0 Å². The number of ether oxygens (including phenoxy) is 1. The summed E-state index contributed by atoms with van der Waals surface area (Å²) in [6, 6.07) is 19.4. The lowest BCUT2D eigenvalue weighted by atomic mass is 10.1. The monoisotopic (exact) mass is 501 g/mol. The van der Waals surface area contributed by atoms with E-state index in [4.69, 9.17) is 14.7 Å². The molecule has 8 nitrogen and oxygen atoms in total. The normalized spacial score (nSPS) is 12.5. The molecule has 194 valence electrons. The highest BCUT2D eigenvalue weighted by molar-refractivity contribution is 5.90. The van der Waals surface area contributed by atoms with E-state index in [0.29, 0.717) is 42.9 Å². The van der Waals surface area contributed by atoms with Gasteiger partial charge in [0.1, 0.15) is 11.4 Å². The van der Waals surface area contributed by atoms with Crippen LogP contribution >= 0.6 is 0 Å². The molecule has 2 N–H and O–H groups in total. The number of carbonyl (C=O) groups is 1. The Kier molecular flexibility index (Phi) is 8.18. The number of amides is 1. The zero-order valence-electron chi connectivity index (χ0n) is 22.0. The first-order valence-electron chi connectivity index (χ1n) is 12.8. The summed E-state index contributed by atoms with van der Waals surface area (Å²) in [4.78, 5) is 35.3. The number of hydrogen-bond acceptors (Lipinski definition) is 6. The Morgan fingerprint density at radius 1 is 1.03 bits per heavy atom. The summed E-state index contributed by atoms with van der Waals surface area (Å²) in [6.07, 6.45) is 1.01. The first-order valence-corrected chi connectivity index (χ1v) is 12.8. The molecule has 0 fully saturated rings. The first-order chi connectivity index (χ1) is 17.7. The minimum atomic E-state index is -0.529. The minimum Gasteiger partial charge on any atom is -0.444 e. The molecule has 1 atom stereocenters. The van der Waals surface area contributed by atoms with Crippen LogP contribution in [0.1, 0.15) is 58.0 Å². The molecule has 1 amide bonds. The molecule has 4 aromatic rings. The molecule has 1 unspecified atom stereocenters. The van der Waals surface area contributed by atoms with Gasteiger partial charge in [-0.2, -0.15) is 0 Å². The Morgan fingerprint density at radius 3 is 2.49 bits per heavy atom. The summed E-state index contributed by atoms with van der Waals surface area (Å²) in [6.45, 7) is 9.11.